The first-order valence-electron chi connectivity index (χ1n) is 5.33. The molecule has 0 aliphatic carbocycles. The quantitative estimate of drug-likeness (QED) is 0.740. The fourth-order valence-corrected chi connectivity index (χ4v) is 2.70. The van der Waals surface area contributed by atoms with Gasteiger partial charge in [0.25, 0.3) is 0 Å². The maximum atomic E-state index is 11.4. The van der Waals surface area contributed by atoms with Crippen LogP contribution in [0, 0.1) is 0 Å². The first kappa shape index (κ1) is 10.5. The van der Waals surface area contributed by atoms with Gasteiger partial charge < -0.3 is 9.64 Å². The van der Waals surface area contributed by atoms with E-state index in [1.54, 1.807) is 0 Å². The van der Waals surface area contributed by atoms with Crippen LogP contribution in [0.15, 0.2) is 12.1 Å². The van der Waals surface area contributed by atoms with Gasteiger partial charge in [0, 0.05) is 13.1 Å². The van der Waals surface area contributed by atoms with Crippen molar-refractivity contribution in [3.8, 4) is 0 Å². The molecule has 1 aliphatic heterocycles. The summed E-state index contributed by atoms with van der Waals surface area (Å²) in [5.74, 6) is -0.201. The molecule has 2 heterocycles. The average molecular weight is 225 g/mol. The monoisotopic (exact) mass is 225 g/mol. The number of esters is 1. The Labute approximate surface area is 93.7 Å². The third-order valence-electron chi connectivity index (χ3n) is 2.49. The Morgan fingerprint density at radius 3 is 2.87 bits per heavy atom. The first-order chi connectivity index (χ1) is 7.31. The second-order valence-corrected chi connectivity index (χ2v) is 4.61. The molecule has 0 bridgehead atoms. The van der Waals surface area contributed by atoms with Crippen LogP contribution in [0.4, 0.5) is 5.00 Å². The molecule has 0 saturated carbocycles. The summed E-state index contributed by atoms with van der Waals surface area (Å²) in [6.07, 6.45) is 2.51. The zero-order valence-corrected chi connectivity index (χ0v) is 9.68. The zero-order valence-electron chi connectivity index (χ0n) is 8.86. The SMILES string of the molecule is CCOC(=O)c1ccc(N2CCCC2)s1. The molecule has 0 aromatic carbocycles. The van der Waals surface area contributed by atoms with Crippen LogP contribution in [0.3, 0.4) is 0 Å². The maximum absolute atomic E-state index is 11.4. The second-order valence-electron chi connectivity index (χ2n) is 3.55. The molecule has 3 nitrogen and oxygen atoms in total. The van der Waals surface area contributed by atoms with Crippen LogP contribution < -0.4 is 4.90 Å². The van der Waals surface area contributed by atoms with Crippen LogP contribution in [0.5, 0.6) is 0 Å². The fourth-order valence-electron chi connectivity index (χ4n) is 1.75. The molecule has 1 fully saturated rings. The lowest BCUT2D eigenvalue weighted by atomic mass is 10.4. The topological polar surface area (TPSA) is 29.5 Å². The number of hydrogen-bond donors (Lipinski definition) is 0. The highest BCUT2D eigenvalue weighted by Gasteiger charge is 2.16. The Bertz CT molecular complexity index is 342. The molecule has 0 unspecified atom stereocenters. The minimum Gasteiger partial charge on any atom is -0.462 e. The van der Waals surface area contributed by atoms with Gasteiger partial charge in [0.1, 0.15) is 4.88 Å². The van der Waals surface area contributed by atoms with Crippen LogP contribution in [-0.2, 0) is 4.74 Å². The predicted octanol–water partition coefficient (Wildman–Crippen LogP) is 2.53. The molecule has 15 heavy (non-hydrogen) atoms. The van der Waals surface area contributed by atoms with E-state index in [1.165, 1.54) is 29.2 Å². The van der Waals surface area contributed by atoms with E-state index in [0.29, 0.717) is 11.5 Å². The highest BCUT2D eigenvalue weighted by atomic mass is 32.1. The molecule has 4 heteroatoms. The van der Waals surface area contributed by atoms with E-state index in [9.17, 15) is 4.79 Å². The van der Waals surface area contributed by atoms with Gasteiger partial charge in [-0.15, -0.1) is 11.3 Å². The Hall–Kier alpha value is -1.03. The number of nitrogens with zero attached hydrogens (tertiary/aromatic N) is 1. The Kier molecular flexibility index (Phi) is 3.26. The highest BCUT2D eigenvalue weighted by Crippen LogP contribution is 2.29. The first-order valence-corrected chi connectivity index (χ1v) is 6.15. The molecule has 0 atom stereocenters. The number of carbonyl (C=O) groups is 1. The van der Waals surface area contributed by atoms with Crippen molar-refractivity contribution in [2.75, 3.05) is 24.6 Å². The summed E-state index contributed by atoms with van der Waals surface area (Å²) in [5, 5.41) is 1.19. The van der Waals surface area contributed by atoms with Crippen molar-refractivity contribution in [3.05, 3.63) is 17.0 Å². The third kappa shape index (κ3) is 2.31. The van der Waals surface area contributed by atoms with Gasteiger partial charge in [-0.25, -0.2) is 4.79 Å². The molecule has 82 valence electrons. The summed E-state index contributed by atoms with van der Waals surface area (Å²) in [7, 11) is 0. The van der Waals surface area contributed by atoms with E-state index in [-0.39, 0.29) is 5.97 Å². The van der Waals surface area contributed by atoms with E-state index in [2.05, 4.69) is 4.90 Å². The zero-order chi connectivity index (χ0) is 10.7. The minimum atomic E-state index is -0.201. The molecular formula is C11H15NO2S. The van der Waals surface area contributed by atoms with Crippen molar-refractivity contribution < 1.29 is 9.53 Å². The van der Waals surface area contributed by atoms with Gasteiger partial charge in [-0.1, -0.05) is 0 Å². The largest absolute Gasteiger partial charge is 0.462 e. The van der Waals surface area contributed by atoms with Gasteiger partial charge in [0.2, 0.25) is 0 Å². The van der Waals surface area contributed by atoms with Crippen LogP contribution in [0.2, 0.25) is 0 Å². The van der Waals surface area contributed by atoms with Crippen molar-refractivity contribution in [3.63, 3.8) is 0 Å². The Balaban J connectivity index is 2.06. The summed E-state index contributed by atoms with van der Waals surface area (Å²) in [4.78, 5) is 14.5. The standard InChI is InChI=1S/C11H15NO2S/c1-2-14-11(13)9-5-6-10(15-9)12-7-3-4-8-12/h5-6H,2-4,7-8H2,1H3. The third-order valence-corrected chi connectivity index (χ3v) is 3.61. The lowest BCUT2D eigenvalue weighted by Gasteiger charge is -2.13. The number of rotatable bonds is 3. The Morgan fingerprint density at radius 1 is 1.47 bits per heavy atom. The average Bonchev–Trinajstić information content (AvgIpc) is 2.89. The van der Waals surface area contributed by atoms with Crippen LogP contribution in [0.25, 0.3) is 0 Å². The van der Waals surface area contributed by atoms with E-state index >= 15 is 0 Å². The normalized spacial score (nSPS) is 15.7. The van der Waals surface area contributed by atoms with Crippen LogP contribution in [-0.4, -0.2) is 25.7 Å². The second kappa shape index (κ2) is 4.66. The summed E-state index contributed by atoms with van der Waals surface area (Å²) in [6, 6.07) is 3.87. The molecule has 0 amide bonds. The number of ether oxygens (including phenoxy) is 1. The maximum Gasteiger partial charge on any atom is 0.348 e. The predicted molar refractivity (Wildman–Crippen MR) is 61.7 cm³/mol. The number of thiophene rings is 1. The lowest BCUT2D eigenvalue weighted by Crippen LogP contribution is -2.15. The Morgan fingerprint density at radius 2 is 2.20 bits per heavy atom. The van der Waals surface area contributed by atoms with E-state index in [4.69, 9.17) is 4.74 Å². The summed E-state index contributed by atoms with van der Waals surface area (Å²) >= 11 is 1.53. The molecular weight excluding hydrogens is 210 g/mol. The summed E-state index contributed by atoms with van der Waals surface area (Å²) in [6.45, 7) is 4.49. The summed E-state index contributed by atoms with van der Waals surface area (Å²) < 4.78 is 4.96. The van der Waals surface area contributed by atoms with E-state index in [0.717, 1.165) is 13.1 Å². The van der Waals surface area contributed by atoms with Crippen LogP contribution >= 0.6 is 11.3 Å². The van der Waals surface area contributed by atoms with Gasteiger partial charge in [-0.05, 0) is 31.9 Å². The molecule has 0 radical (unpaired) electrons. The molecule has 1 aromatic heterocycles. The highest BCUT2D eigenvalue weighted by molar-refractivity contribution is 7.17. The van der Waals surface area contributed by atoms with Crippen LogP contribution in [0.1, 0.15) is 29.4 Å². The van der Waals surface area contributed by atoms with Gasteiger partial charge in [0.05, 0.1) is 11.6 Å². The minimum absolute atomic E-state index is 0.201. The van der Waals surface area contributed by atoms with E-state index < -0.39 is 0 Å². The molecule has 1 aromatic rings. The summed E-state index contributed by atoms with van der Waals surface area (Å²) in [5.41, 5.74) is 0. The molecule has 0 N–H and O–H groups in total. The molecule has 2 rings (SSSR count). The lowest BCUT2D eigenvalue weighted by molar-refractivity contribution is 0.0532. The number of hydrogen-bond acceptors (Lipinski definition) is 4. The van der Waals surface area contributed by atoms with Crippen molar-refractivity contribution in [1.29, 1.82) is 0 Å². The molecule has 1 saturated heterocycles. The molecule has 0 spiro atoms. The van der Waals surface area contributed by atoms with Gasteiger partial charge in [-0.2, -0.15) is 0 Å². The smallest absolute Gasteiger partial charge is 0.348 e. The van der Waals surface area contributed by atoms with Gasteiger partial charge in [0.15, 0.2) is 0 Å². The fraction of sp³-hybridized carbons (Fsp3) is 0.545. The van der Waals surface area contributed by atoms with E-state index in [1.807, 2.05) is 19.1 Å². The van der Waals surface area contributed by atoms with Crippen molar-refractivity contribution in [2.45, 2.75) is 19.8 Å². The van der Waals surface area contributed by atoms with Crippen molar-refractivity contribution >= 4 is 22.3 Å². The number of carbonyl (C=O) groups excluding carboxylic acids is 1. The molecule has 1 aliphatic rings. The van der Waals surface area contributed by atoms with Crippen molar-refractivity contribution in [2.24, 2.45) is 0 Å². The van der Waals surface area contributed by atoms with Crippen molar-refractivity contribution in [1.82, 2.24) is 0 Å². The van der Waals surface area contributed by atoms with Gasteiger partial charge >= 0.3 is 5.97 Å². The van der Waals surface area contributed by atoms with Gasteiger partial charge in [-0.3, -0.25) is 0 Å². The number of anilines is 1.